The summed E-state index contributed by atoms with van der Waals surface area (Å²) in [5, 5.41) is 0. The second-order valence-corrected chi connectivity index (χ2v) is 7.33. The average Bonchev–Trinajstić information content (AvgIpc) is 2.86. The molecule has 0 amide bonds. The second kappa shape index (κ2) is 7.72. The summed E-state index contributed by atoms with van der Waals surface area (Å²) >= 11 is 0. The van der Waals surface area contributed by atoms with Gasteiger partial charge in [-0.25, -0.2) is 14.5 Å². The number of nitrogens with zero attached hydrogens (tertiary/aromatic N) is 1. The topological polar surface area (TPSA) is 65.1 Å². The summed E-state index contributed by atoms with van der Waals surface area (Å²) in [6, 6.07) is 17.3. The standard InChI is InChI=1S/C23H23NO5/c1-16-8-6-7-11-18(16)27-19-14-15-24(2)23(22(19)17-9-4-3-5-10-17)28-20(25)12-13-21(26)29-23/h3-13,19,22H,14-15H2,1-2H3. The lowest BCUT2D eigenvalue weighted by Crippen LogP contribution is -2.63. The second-order valence-electron chi connectivity index (χ2n) is 7.33. The summed E-state index contributed by atoms with van der Waals surface area (Å²) in [6.45, 7) is 2.51. The Morgan fingerprint density at radius 2 is 1.59 bits per heavy atom. The molecule has 2 atom stereocenters. The molecular formula is C23H23NO5. The Bertz CT molecular complexity index is 919. The van der Waals surface area contributed by atoms with E-state index in [1.165, 1.54) is 0 Å². The third-order valence-electron chi connectivity index (χ3n) is 5.43. The van der Waals surface area contributed by atoms with Crippen molar-refractivity contribution in [2.45, 2.75) is 31.3 Å². The summed E-state index contributed by atoms with van der Waals surface area (Å²) in [7, 11) is 1.78. The van der Waals surface area contributed by atoms with Gasteiger partial charge in [-0.2, -0.15) is 0 Å². The molecule has 1 spiro atoms. The van der Waals surface area contributed by atoms with Gasteiger partial charge in [-0.1, -0.05) is 48.5 Å². The van der Waals surface area contributed by atoms with Crippen molar-refractivity contribution in [1.29, 1.82) is 0 Å². The quantitative estimate of drug-likeness (QED) is 0.747. The van der Waals surface area contributed by atoms with Crippen LogP contribution in [-0.4, -0.2) is 42.4 Å². The van der Waals surface area contributed by atoms with Gasteiger partial charge in [0.1, 0.15) is 17.8 Å². The van der Waals surface area contributed by atoms with Gasteiger partial charge >= 0.3 is 17.8 Å². The zero-order valence-corrected chi connectivity index (χ0v) is 16.4. The molecule has 2 aromatic carbocycles. The minimum atomic E-state index is -1.59. The number of likely N-dealkylation sites (N-methyl/N-ethyl adjacent to an activating group) is 1. The maximum atomic E-state index is 12.3. The van der Waals surface area contributed by atoms with Gasteiger partial charge in [0.15, 0.2) is 0 Å². The van der Waals surface area contributed by atoms with E-state index in [2.05, 4.69) is 0 Å². The van der Waals surface area contributed by atoms with Gasteiger partial charge in [0.25, 0.3) is 0 Å². The Morgan fingerprint density at radius 3 is 2.24 bits per heavy atom. The normalized spacial score (nSPS) is 23.9. The lowest BCUT2D eigenvalue weighted by atomic mass is 9.83. The van der Waals surface area contributed by atoms with Crippen LogP contribution < -0.4 is 4.74 Å². The van der Waals surface area contributed by atoms with Crippen molar-refractivity contribution in [3.05, 3.63) is 77.9 Å². The van der Waals surface area contributed by atoms with Crippen LogP contribution in [0.1, 0.15) is 23.5 Å². The molecule has 0 aromatic heterocycles. The first-order chi connectivity index (χ1) is 14.0. The number of ether oxygens (including phenoxy) is 3. The average molecular weight is 393 g/mol. The number of carbonyl (C=O) groups excluding carboxylic acids is 2. The van der Waals surface area contributed by atoms with Crippen LogP contribution in [0.5, 0.6) is 5.75 Å². The molecule has 6 heteroatoms. The highest BCUT2D eigenvalue weighted by atomic mass is 16.8. The van der Waals surface area contributed by atoms with Crippen LogP contribution in [0, 0.1) is 6.92 Å². The molecule has 1 saturated heterocycles. The van der Waals surface area contributed by atoms with Gasteiger partial charge in [-0.3, -0.25) is 0 Å². The predicted molar refractivity (Wildman–Crippen MR) is 106 cm³/mol. The van der Waals surface area contributed by atoms with E-state index < -0.39 is 23.8 Å². The molecular weight excluding hydrogens is 370 g/mol. The molecule has 2 heterocycles. The molecule has 29 heavy (non-hydrogen) atoms. The van der Waals surface area contributed by atoms with Crippen LogP contribution in [-0.2, 0) is 19.1 Å². The molecule has 0 aliphatic carbocycles. The number of piperidine rings is 1. The molecule has 4 rings (SSSR count). The number of hydrogen-bond acceptors (Lipinski definition) is 6. The van der Waals surface area contributed by atoms with Gasteiger partial charge in [0.05, 0.1) is 0 Å². The van der Waals surface area contributed by atoms with Crippen molar-refractivity contribution in [2.75, 3.05) is 13.6 Å². The van der Waals surface area contributed by atoms with Crippen molar-refractivity contribution in [2.24, 2.45) is 0 Å². The molecule has 150 valence electrons. The number of benzene rings is 2. The molecule has 0 saturated carbocycles. The van der Waals surface area contributed by atoms with E-state index in [0.717, 1.165) is 29.0 Å². The molecule has 2 aliphatic rings. The van der Waals surface area contributed by atoms with Crippen LogP contribution in [0.25, 0.3) is 0 Å². The van der Waals surface area contributed by atoms with Crippen molar-refractivity contribution in [1.82, 2.24) is 4.90 Å². The highest BCUT2D eigenvalue weighted by Gasteiger charge is 2.58. The molecule has 0 radical (unpaired) electrons. The third kappa shape index (κ3) is 3.63. The highest BCUT2D eigenvalue weighted by Crippen LogP contribution is 2.44. The Kier molecular flexibility index (Phi) is 5.11. The van der Waals surface area contributed by atoms with Crippen molar-refractivity contribution >= 4 is 11.9 Å². The van der Waals surface area contributed by atoms with E-state index in [9.17, 15) is 9.59 Å². The monoisotopic (exact) mass is 393 g/mol. The first-order valence-corrected chi connectivity index (χ1v) is 9.62. The molecule has 1 fully saturated rings. The van der Waals surface area contributed by atoms with Gasteiger partial charge in [-0.15, -0.1) is 0 Å². The summed E-state index contributed by atoms with van der Waals surface area (Å²) in [4.78, 5) is 26.4. The van der Waals surface area contributed by atoms with Crippen LogP contribution in [0.2, 0.25) is 0 Å². The predicted octanol–water partition coefficient (Wildman–Crippen LogP) is 3.17. The number of esters is 2. The summed E-state index contributed by atoms with van der Waals surface area (Å²) in [5.41, 5.74) is 1.86. The largest absolute Gasteiger partial charge is 0.489 e. The SMILES string of the molecule is Cc1ccccc1OC1CCN(C)C2(OC(=O)C=CC(=O)O2)C1c1ccccc1. The van der Waals surface area contributed by atoms with E-state index in [1.54, 1.807) is 11.9 Å². The maximum absolute atomic E-state index is 12.3. The zero-order chi connectivity index (χ0) is 20.4. The Balaban J connectivity index is 1.81. The Labute approximate surface area is 169 Å². The van der Waals surface area contributed by atoms with E-state index in [1.807, 2.05) is 61.5 Å². The molecule has 0 bridgehead atoms. The fraction of sp³-hybridized carbons (Fsp3) is 0.304. The minimum Gasteiger partial charge on any atom is -0.489 e. The van der Waals surface area contributed by atoms with Crippen LogP contribution >= 0.6 is 0 Å². The number of carbonyl (C=O) groups is 2. The van der Waals surface area contributed by atoms with Gasteiger partial charge < -0.3 is 14.2 Å². The van der Waals surface area contributed by atoms with Crippen LogP contribution in [0.4, 0.5) is 0 Å². The van der Waals surface area contributed by atoms with Crippen LogP contribution in [0.3, 0.4) is 0 Å². The molecule has 2 aromatic rings. The fourth-order valence-electron chi connectivity index (χ4n) is 3.98. The molecule has 2 aliphatic heterocycles. The minimum absolute atomic E-state index is 0.367. The molecule has 2 unspecified atom stereocenters. The summed E-state index contributed by atoms with van der Waals surface area (Å²) < 4.78 is 17.9. The lowest BCUT2D eigenvalue weighted by Gasteiger charge is -2.49. The first-order valence-electron chi connectivity index (χ1n) is 9.62. The van der Waals surface area contributed by atoms with E-state index >= 15 is 0 Å². The number of aryl methyl sites for hydroxylation is 1. The number of hydrogen-bond donors (Lipinski definition) is 0. The first kappa shape index (κ1) is 19.2. The van der Waals surface area contributed by atoms with Gasteiger partial charge in [0, 0.05) is 18.7 Å². The third-order valence-corrected chi connectivity index (χ3v) is 5.43. The molecule has 6 nitrogen and oxygen atoms in total. The van der Waals surface area contributed by atoms with E-state index in [-0.39, 0.29) is 6.10 Å². The number of likely N-dealkylation sites (tertiary alicyclic amines) is 1. The fourth-order valence-corrected chi connectivity index (χ4v) is 3.98. The van der Waals surface area contributed by atoms with Crippen molar-refractivity contribution in [3.63, 3.8) is 0 Å². The Morgan fingerprint density at radius 1 is 0.966 bits per heavy atom. The molecule has 0 N–H and O–H groups in total. The Hall–Kier alpha value is -3.12. The van der Waals surface area contributed by atoms with Crippen molar-refractivity contribution < 1.29 is 23.8 Å². The highest BCUT2D eigenvalue weighted by molar-refractivity contribution is 5.93. The lowest BCUT2D eigenvalue weighted by molar-refractivity contribution is -0.307. The van der Waals surface area contributed by atoms with Crippen LogP contribution in [0.15, 0.2) is 66.7 Å². The number of para-hydroxylation sites is 1. The summed E-state index contributed by atoms with van der Waals surface area (Å²) in [6.07, 6.45) is 2.50. The smallest absolute Gasteiger partial charge is 0.335 e. The zero-order valence-electron chi connectivity index (χ0n) is 16.4. The summed E-state index contributed by atoms with van der Waals surface area (Å²) in [5.74, 6) is -2.62. The number of rotatable bonds is 3. The van der Waals surface area contributed by atoms with Gasteiger partial charge in [0.2, 0.25) is 0 Å². The van der Waals surface area contributed by atoms with Crippen molar-refractivity contribution in [3.8, 4) is 5.75 Å². The maximum Gasteiger partial charge on any atom is 0.335 e. The van der Waals surface area contributed by atoms with E-state index in [4.69, 9.17) is 14.2 Å². The van der Waals surface area contributed by atoms with Gasteiger partial charge in [-0.05, 0) is 37.6 Å². The van der Waals surface area contributed by atoms with E-state index in [0.29, 0.717) is 13.0 Å².